The van der Waals surface area contributed by atoms with Crippen LogP contribution in [0.5, 0.6) is 5.75 Å². The van der Waals surface area contributed by atoms with Crippen LogP contribution >= 0.6 is 0 Å². The Balaban J connectivity index is 1.49. The number of piperidine rings is 1. The second-order valence-corrected chi connectivity index (χ2v) is 10.5. The van der Waals surface area contributed by atoms with Gasteiger partial charge in [0.05, 0.1) is 17.2 Å². The molecule has 1 aromatic rings. The predicted molar refractivity (Wildman–Crippen MR) is 145 cm³/mol. The van der Waals surface area contributed by atoms with Crippen molar-refractivity contribution in [1.82, 2.24) is 26.2 Å². The van der Waals surface area contributed by atoms with Gasteiger partial charge in [-0.1, -0.05) is 13.0 Å². The second kappa shape index (κ2) is 14.0. The second-order valence-electron chi connectivity index (χ2n) is 10.5. The third-order valence-corrected chi connectivity index (χ3v) is 6.88. The number of nitrogens with zero attached hydrogens (tertiary/aromatic N) is 1. The third-order valence-electron chi connectivity index (χ3n) is 6.88. The van der Waals surface area contributed by atoms with Crippen molar-refractivity contribution in [3.63, 3.8) is 0 Å². The molecule has 2 aliphatic heterocycles. The standard InChI is InChI=1S/C28H39N5O7/c1-5-17(4)31-19(25(36)30-16(2)3)10-6-7-14-29-23(35)15-40-21-11-8-9-18-24(21)28(39)33(27(18)38)20-12-13-22(34)32-26(20)37/h8-9,11,16-17,19-20,31H,5-7,10,12-15H2,1-4H3,(H,29,35)(H,30,36)(H,32,34,37). The topological polar surface area (TPSA) is 163 Å². The zero-order chi connectivity index (χ0) is 29.4. The number of amides is 6. The normalized spacial score (nSPS) is 18.3. The Labute approximate surface area is 233 Å². The minimum atomic E-state index is -1.09. The highest BCUT2D eigenvalue weighted by Gasteiger charge is 2.46. The summed E-state index contributed by atoms with van der Waals surface area (Å²) in [7, 11) is 0. The van der Waals surface area contributed by atoms with Gasteiger partial charge in [-0.05, 0) is 65.0 Å². The molecule has 40 heavy (non-hydrogen) atoms. The lowest BCUT2D eigenvalue weighted by Gasteiger charge is -2.27. The van der Waals surface area contributed by atoms with Gasteiger partial charge in [0.15, 0.2) is 6.61 Å². The van der Waals surface area contributed by atoms with E-state index in [-0.39, 0.29) is 60.4 Å². The smallest absolute Gasteiger partial charge is 0.266 e. The molecular weight excluding hydrogens is 518 g/mol. The highest BCUT2D eigenvalue weighted by atomic mass is 16.5. The van der Waals surface area contributed by atoms with Gasteiger partial charge in [-0.25, -0.2) is 0 Å². The van der Waals surface area contributed by atoms with Gasteiger partial charge < -0.3 is 20.7 Å². The number of carbonyl (C=O) groups excluding carboxylic acids is 6. The average molecular weight is 558 g/mol. The van der Waals surface area contributed by atoms with Gasteiger partial charge in [-0.3, -0.25) is 39.0 Å². The fourth-order valence-corrected chi connectivity index (χ4v) is 4.64. The number of unbranched alkanes of at least 4 members (excludes halogenated alkanes) is 1. The van der Waals surface area contributed by atoms with E-state index in [0.717, 1.165) is 17.7 Å². The summed E-state index contributed by atoms with van der Waals surface area (Å²) in [4.78, 5) is 75.6. The van der Waals surface area contributed by atoms with Gasteiger partial charge >= 0.3 is 0 Å². The van der Waals surface area contributed by atoms with Crippen LogP contribution < -0.4 is 26.0 Å². The molecule has 0 saturated carbocycles. The van der Waals surface area contributed by atoms with Crippen LogP contribution in [0, 0.1) is 0 Å². The molecule has 0 aliphatic carbocycles. The largest absolute Gasteiger partial charge is 0.483 e. The van der Waals surface area contributed by atoms with E-state index >= 15 is 0 Å². The van der Waals surface area contributed by atoms with Crippen molar-refractivity contribution in [2.45, 2.75) is 90.4 Å². The molecule has 218 valence electrons. The fraction of sp³-hybridized carbons (Fsp3) is 0.571. The van der Waals surface area contributed by atoms with E-state index in [1.54, 1.807) is 0 Å². The number of fused-ring (bicyclic) bond motifs is 1. The first-order chi connectivity index (χ1) is 19.0. The number of ether oxygens (including phenoxy) is 1. The number of imide groups is 2. The molecule has 3 unspecified atom stereocenters. The van der Waals surface area contributed by atoms with Crippen LogP contribution in [0.25, 0.3) is 0 Å². The predicted octanol–water partition coefficient (Wildman–Crippen LogP) is 1.03. The molecule has 0 bridgehead atoms. The molecule has 0 radical (unpaired) electrons. The number of benzene rings is 1. The Morgan fingerprint density at radius 3 is 2.52 bits per heavy atom. The summed E-state index contributed by atoms with van der Waals surface area (Å²) in [6.45, 7) is 7.94. The molecule has 1 fully saturated rings. The van der Waals surface area contributed by atoms with Crippen LogP contribution in [-0.2, 0) is 19.2 Å². The SMILES string of the molecule is CCC(C)NC(CCCCNC(=O)COc1cccc2c1C(=O)N(C1CCC(=O)NC1=O)C2=O)C(=O)NC(C)C. The number of hydrogen-bond donors (Lipinski definition) is 4. The maximum Gasteiger partial charge on any atom is 0.266 e. The van der Waals surface area contributed by atoms with Crippen LogP contribution in [0.4, 0.5) is 0 Å². The third kappa shape index (κ3) is 7.65. The Hall–Kier alpha value is -3.80. The van der Waals surface area contributed by atoms with E-state index in [0.29, 0.717) is 19.4 Å². The molecular formula is C28H39N5O7. The summed E-state index contributed by atoms with van der Waals surface area (Å²) >= 11 is 0. The fourth-order valence-electron chi connectivity index (χ4n) is 4.64. The van der Waals surface area contributed by atoms with Crippen LogP contribution in [0.15, 0.2) is 18.2 Å². The molecule has 0 spiro atoms. The average Bonchev–Trinajstić information content (AvgIpc) is 3.16. The number of nitrogens with one attached hydrogen (secondary N) is 4. The van der Waals surface area contributed by atoms with Crippen molar-refractivity contribution in [3.05, 3.63) is 29.3 Å². The zero-order valence-corrected chi connectivity index (χ0v) is 23.5. The van der Waals surface area contributed by atoms with Gasteiger partial charge in [-0.2, -0.15) is 0 Å². The summed E-state index contributed by atoms with van der Waals surface area (Å²) in [6.07, 6.45) is 2.99. The van der Waals surface area contributed by atoms with Crippen molar-refractivity contribution in [3.8, 4) is 5.75 Å². The van der Waals surface area contributed by atoms with Crippen LogP contribution in [0.1, 0.15) is 86.9 Å². The minimum absolute atomic E-state index is 0.00970. The zero-order valence-electron chi connectivity index (χ0n) is 23.5. The van der Waals surface area contributed by atoms with E-state index < -0.39 is 35.6 Å². The van der Waals surface area contributed by atoms with E-state index in [9.17, 15) is 28.8 Å². The maximum absolute atomic E-state index is 13.1. The molecule has 0 aromatic heterocycles. The number of carbonyl (C=O) groups is 6. The molecule has 12 nitrogen and oxygen atoms in total. The van der Waals surface area contributed by atoms with Gasteiger partial charge in [0.1, 0.15) is 11.8 Å². The first kappa shape index (κ1) is 30.7. The van der Waals surface area contributed by atoms with Gasteiger partial charge in [0.25, 0.3) is 17.7 Å². The van der Waals surface area contributed by atoms with E-state index in [1.165, 1.54) is 18.2 Å². The summed E-state index contributed by atoms with van der Waals surface area (Å²) in [5, 5.41) is 11.2. The van der Waals surface area contributed by atoms with Crippen molar-refractivity contribution >= 4 is 35.4 Å². The van der Waals surface area contributed by atoms with Crippen molar-refractivity contribution in [2.24, 2.45) is 0 Å². The Morgan fingerprint density at radius 2 is 1.85 bits per heavy atom. The van der Waals surface area contributed by atoms with Gasteiger partial charge in [0, 0.05) is 25.0 Å². The number of hydrogen-bond acceptors (Lipinski definition) is 8. The molecule has 6 amide bonds. The summed E-state index contributed by atoms with van der Waals surface area (Å²) in [5.74, 6) is -2.87. The van der Waals surface area contributed by atoms with Crippen LogP contribution in [0.3, 0.4) is 0 Å². The molecule has 3 atom stereocenters. The van der Waals surface area contributed by atoms with E-state index in [2.05, 4.69) is 28.2 Å². The lowest BCUT2D eigenvalue weighted by atomic mass is 10.0. The lowest BCUT2D eigenvalue weighted by Crippen LogP contribution is -2.54. The molecule has 4 N–H and O–H groups in total. The monoisotopic (exact) mass is 557 g/mol. The Bertz CT molecular complexity index is 1150. The minimum Gasteiger partial charge on any atom is -0.483 e. The van der Waals surface area contributed by atoms with Gasteiger partial charge in [0.2, 0.25) is 17.7 Å². The molecule has 3 rings (SSSR count). The quantitative estimate of drug-likeness (QED) is 0.195. The molecule has 1 aromatic carbocycles. The van der Waals surface area contributed by atoms with E-state index in [1.807, 2.05) is 20.8 Å². The summed E-state index contributed by atoms with van der Waals surface area (Å²) in [6, 6.07) is 3.33. The first-order valence-electron chi connectivity index (χ1n) is 13.8. The number of rotatable bonds is 14. The molecule has 2 aliphatic rings. The van der Waals surface area contributed by atoms with Gasteiger partial charge in [-0.15, -0.1) is 0 Å². The highest BCUT2D eigenvalue weighted by Crippen LogP contribution is 2.33. The van der Waals surface area contributed by atoms with Crippen molar-refractivity contribution < 1.29 is 33.5 Å². The maximum atomic E-state index is 13.1. The summed E-state index contributed by atoms with van der Waals surface area (Å²) < 4.78 is 5.60. The van der Waals surface area contributed by atoms with Crippen LogP contribution in [0.2, 0.25) is 0 Å². The van der Waals surface area contributed by atoms with Crippen molar-refractivity contribution in [1.29, 1.82) is 0 Å². The summed E-state index contributed by atoms with van der Waals surface area (Å²) in [5.41, 5.74) is 0.0687. The Morgan fingerprint density at radius 1 is 1.10 bits per heavy atom. The highest BCUT2D eigenvalue weighted by molar-refractivity contribution is 6.24. The molecule has 1 saturated heterocycles. The lowest BCUT2D eigenvalue weighted by molar-refractivity contribution is -0.136. The first-order valence-corrected chi connectivity index (χ1v) is 13.8. The molecule has 2 heterocycles. The van der Waals surface area contributed by atoms with E-state index in [4.69, 9.17) is 4.74 Å². The van der Waals surface area contributed by atoms with Crippen molar-refractivity contribution in [2.75, 3.05) is 13.2 Å². The van der Waals surface area contributed by atoms with Crippen LogP contribution in [-0.4, -0.2) is 77.7 Å². The molecule has 12 heteroatoms. The Kier molecular flexibility index (Phi) is 10.8.